The first kappa shape index (κ1) is 21.1. The first-order valence-corrected chi connectivity index (χ1v) is 11.2. The van der Waals surface area contributed by atoms with Gasteiger partial charge in [0, 0.05) is 30.2 Å². The normalized spacial score (nSPS) is 16.2. The van der Waals surface area contributed by atoms with Gasteiger partial charge in [0.25, 0.3) is 5.91 Å². The van der Waals surface area contributed by atoms with Gasteiger partial charge >= 0.3 is 6.03 Å². The van der Waals surface area contributed by atoms with Crippen LogP contribution in [0.1, 0.15) is 33.8 Å². The van der Waals surface area contributed by atoms with E-state index >= 15 is 0 Å². The van der Waals surface area contributed by atoms with Crippen LogP contribution in [0.3, 0.4) is 0 Å². The van der Waals surface area contributed by atoms with Gasteiger partial charge in [0.2, 0.25) is 0 Å². The molecule has 1 unspecified atom stereocenters. The van der Waals surface area contributed by atoms with Crippen molar-refractivity contribution in [3.63, 3.8) is 0 Å². The number of aryl methyl sites for hydroxylation is 2. The molecule has 1 saturated heterocycles. The number of hydrogen-bond acceptors (Lipinski definition) is 5. The lowest BCUT2D eigenvalue weighted by Gasteiger charge is -2.32. The van der Waals surface area contributed by atoms with Crippen LogP contribution in [0.5, 0.6) is 0 Å². The zero-order valence-corrected chi connectivity index (χ0v) is 18.5. The van der Waals surface area contributed by atoms with E-state index in [0.717, 1.165) is 29.0 Å². The van der Waals surface area contributed by atoms with Crippen LogP contribution in [0.25, 0.3) is 10.8 Å². The van der Waals surface area contributed by atoms with E-state index in [-0.39, 0.29) is 17.9 Å². The van der Waals surface area contributed by atoms with Gasteiger partial charge in [0.05, 0.1) is 6.26 Å². The second kappa shape index (κ2) is 9.34. The lowest BCUT2D eigenvalue weighted by atomic mass is 9.97. The van der Waals surface area contributed by atoms with E-state index in [9.17, 15) is 9.59 Å². The number of carbonyl (C=O) groups excluding carboxylic acids is 2. The number of anilines is 1. The van der Waals surface area contributed by atoms with Crippen molar-refractivity contribution in [3.05, 3.63) is 58.8 Å². The van der Waals surface area contributed by atoms with Crippen LogP contribution in [0.15, 0.2) is 47.1 Å². The molecule has 8 heteroatoms. The predicted octanol–water partition coefficient (Wildman–Crippen LogP) is 4.69. The van der Waals surface area contributed by atoms with Crippen LogP contribution < -0.4 is 10.6 Å². The van der Waals surface area contributed by atoms with Crippen LogP contribution in [-0.4, -0.2) is 41.5 Å². The number of piperidine rings is 1. The third-order valence-electron chi connectivity index (χ3n) is 5.40. The van der Waals surface area contributed by atoms with E-state index in [1.807, 2.05) is 55.1 Å². The first-order chi connectivity index (χ1) is 15.0. The van der Waals surface area contributed by atoms with E-state index < -0.39 is 0 Å². The lowest BCUT2D eigenvalue weighted by Crippen LogP contribution is -2.44. The molecule has 3 aromatic rings. The molecule has 3 heterocycles. The molecule has 0 spiro atoms. The Morgan fingerprint density at radius 3 is 2.77 bits per heavy atom. The Morgan fingerprint density at radius 1 is 1.23 bits per heavy atom. The van der Waals surface area contributed by atoms with Gasteiger partial charge in [-0.15, -0.1) is 11.3 Å². The molecule has 3 amide bonds. The molecule has 31 heavy (non-hydrogen) atoms. The number of aromatic nitrogens is 1. The van der Waals surface area contributed by atoms with Gasteiger partial charge in [-0.3, -0.25) is 4.79 Å². The highest BCUT2D eigenvalue weighted by molar-refractivity contribution is 7.15. The van der Waals surface area contributed by atoms with Crippen LogP contribution in [0.2, 0.25) is 0 Å². The summed E-state index contributed by atoms with van der Waals surface area (Å²) in [6, 6.07) is 11.1. The molecule has 4 rings (SSSR count). The largest absolute Gasteiger partial charge is 0.462 e. The van der Waals surface area contributed by atoms with Gasteiger partial charge < -0.3 is 20.0 Å². The average molecular weight is 439 g/mol. The first-order valence-electron chi connectivity index (χ1n) is 10.4. The van der Waals surface area contributed by atoms with Crippen molar-refractivity contribution < 1.29 is 14.0 Å². The van der Waals surface area contributed by atoms with Gasteiger partial charge in [0.15, 0.2) is 10.8 Å². The lowest BCUT2D eigenvalue weighted by molar-refractivity contribution is 0.0669. The summed E-state index contributed by atoms with van der Waals surface area (Å²) in [6.45, 7) is 5.75. The fourth-order valence-corrected chi connectivity index (χ4v) is 4.59. The van der Waals surface area contributed by atoms with Gasteiger partial charge in [-0.1, -0.05) is 17.7 Å². The second-order valence-electron chi connectivity index (χ2n) is 7.86. The highest BCUT2D eigenvalue weighted by Gasteiger charge is 2.28. The average Bonchev–Trinajstić information content (AvgIpc) is 3.43. The van der Waals surface area contributed by atoms with Gasteiger partial charge in [0.1, 0.15) is 5.69 Å². The van der Waals surface area contributed by atoms with Crippen molar-refractivity contribution >= 4 is 29.0 Å². The molecule has 2 aromatic heterocycles. The molecule has 2 N–H and O–H groups in total. The van der Waals surface area contributed by atoms with Crippen LogP contribution in [0.4, 0.5) is 10.5 Å². The molecule has 0 bridgehead atoms. The number of thiazole rings is 1. The summed E-state index contributed by atoms with van der Waals surface area (Å²) in [6.07, 6.45) is 3.49. The van der Waals surface area contributed by atoms with Gasteiger partial charge in [-0.2, -0.15) is 0 Å². The van der Waals surface area contributed by atoms with Crippen molar-refractivity contribution in [2.45, 2.75) is 26.7 Å². The molecular weight excluding hydrogens is 412 g/mol. The SMILES string of the molecule is Cc1ccc(NC(=O)NCC2CCCN(C(=O)c3nc(-c4ccco4)sc3C)C2)cc1. The highest BCUT2D eigenvalue weighted by Crippen LogP contribution is 2.29. The molecular formula is C23H26N4O3S. The number of nitrogens with zero attached hydrogens (tertiary/aromatic N) is 2. The van der Waals surface area contributed by atoms with Crippen LogP contribution >= 0.6 is 11.3 Å². The van der Waals surface area contributed by atoms with E-state index in [1.54, 1.807) is 6.26 Å². The fourth-order valence-electron chi connectivity index (χ4n) is 3.72. The number of carbonyl (C=O) groups is 2. The Hall–Kier alpha value is -3.13. The monoisotopic (exact) mass is 438 g/mol. The molecule has 1 fully saturated rings. The maximum absolute atomic E-state index is 13.1. The number of urea groups is 1. The minimum Gasteiger partial charge on any atom is -0.462 e. The Morgan fingerprint density at radius 2 is 2.03 bits per heavy atom. The quantitative estimate of drug-likeness (QED) is 0.605. The second-order valence-corrected chi connectivity index (χ2v) is 9.06. The molecule has 1 aliphatic rings. The van der Waals surface area contributed by atoms with Crippen molar-refractivity contribution in [3.8, 4) is 10.8 Å². The predicted molar refractivity (Wildman–Crippen MR) is 121 cm³/mol. The molecule has 1 aromatic carbocycles. The molecule has 7 nitrogen and oxygen atoms in total. The summed E-state index contributed by atoms with van der Waals surface area (Å²) >= 11 is 1.46. The minimum absolute atomic E-state index is 0.0552. The maximum Gasteiger partial charge on any atom is 0.319 e. The standard InChI is InChI=1S/C23H26N4O3S/c1-15-7-9-18(10-8-15)25-23(29)24-13-17-5-3-11-27(14-17)22(28)20-16(2)31-21(26-20)19-6-4-12-30-19/h4,6-10,12,17H,3,5,11,13-14H2,1-2H3,(H2,24,25,29). The van der Waals surface area contributed by atoms with Crippen LogP contribution in [-0.2, 0) is 0 Å². The number of benzene rings is 1. The number of nitrogens with one attached hydrogen (secondary N) is 2. The summed E-state index contributed by atoms with van der Waals surface area (Å²) < 4.78 is 5.41. The number of likely N-dealkylation sites (tertiary alicyclic amines) is 1. The molecule has 1 atom stereocenters. The Balaban J connectivity index is 1.32. The maximum atomic E-state index is 13.1. The van der Waals surface area contributed by atoms with Gasteiger partial charge in [-0.25, -0.2) is 9.78 Å². The number of rotatable bonds is 5. The van der Waals surface area contributed by atoms with Gasteiger partial charge in [-0.05, 0) is 56.9 Å². The summed E-state index contributed by atoms with van der Waals surface area (Å²) in [5.41, 5.74) is 2.39. The zero-order chi connectivity index (χ0) is 21.8. The van der Waals surface area contributed by atoms with Crippen LogP contribution in [0, 0.1) is 19.8 Å². The molecule has 0 radical (unpaired) electrons. The molecule has 162 valence electrons. The summed E-state index contributed by atoms with van der Waals surface area (Å²) in [5, 5.41) is 6.50. The highest BCUT2D eigenvalue weighted by atomic mass is 32.1. The van der Waals surface area contributed by atoms with Crippen molar-refractivity contribution in [2.75, 3.05) is 25.0 Å². The van der Waals surface area contributed by atoms with Crippen molar-refractivity contribution in [1.82, 2.24) is 15.2 Å². The van der Waals surface area contributed by atoms with Crippen molar-refractivity contribution in [1.29, 1.82) is 0 Å². The van der Waals surface area contributed by atoms with E-state index in [2.05, 4.69) is 15.6 Å². The number of furan rings is 1. The van der Waals surface area contributed by atoms with E-state index in [4.69, 9.17) is 4.42 Å². The summed E-state index contributed by atoms with van der Waals surface area (Å²) in [5.74, 6) is 0.831. The smallest absolute Gasteiger partial charge is 0.319 e. The summed E-state index contributed by atoms with van der Waals surface area (Å²) in [7, 11) is 0. The summed E-state index contributed by atoms with van der Waals surface area (Å²) in [4.78, 5) is 32.6. The Kier molecular flexibility index (Phi) is 6.36. The fraction of sp³-hybridized carbons (Fsp3) is 0.348. The minimum atomic E-state index is -0.231. The van der Waals surface area contributed by atoms with Crippen molar-refractivity contribution in [2.24, 2.45) is 5.92 Å². The Labute approximate surface area is 185 Å². The third kappa shape index (κ3) is 5.14. The number of hydrogen-bond donors (Lipinski definition) is 2. The topological polar surface area (TPSA) is 87.5 Å². The number of amides is 3. The molecule has 0 aliphatic carbocycles. The third-order valence-corrected chi connectivity index (χ3v) is 6.38. The van der Waals surface area contributed by atoms with E-state index in [1.165, 1.54) is 11.3 Å². The molecule has 0 saturated carbocycles. The van der Waals surface area contributed by atoms with E-state index in [0.29, 0.717) is 36.1 Å². The molecule has 1 aliphatic heterocycles. The Bertz CT molecular complexity index is 1040. The zero-order valence-electron chi connectivity index (χ0n) is 17.7.